The normalized spacial score (nSPS) is 10.0. The van der Waals surface area contributed by atoms with Gasteiger partial charge < -0.3 is 9.64 Å². The number of hydrogen-bond donors (Lipinski definition) is 0. The van der Waals surface area contributed by atoms with E-state index < -0.39 is 5.97 Å². The number of carbonyl (C=O) groups is 2. The van der Waals surface area contributed by atoms with Gasteiger partial charge in [-0.05, 0) is 30.5 Å². The van der Waals surface area contributed by atoms with Gasteiger partial charge in [0.15, 0.2) is 6.61 Å². The highest BCUT2D eigenvalue weighted by Gasteiger charge is 2.17. The van der Waals surface area contributed by atoms with Gasteiger partial charge in [-0.1, -0.05) is 23.8 Å². The van der Waals surface area contributed by atoms with Gasteiger partial charge in [-0.15, -0.1) is 11.3 Å². The molecule has 0 N–H and O–H groups in total. The molecule has 0 saturated carbocycles. The number of nitrogens with zero attached hydrogens (tertiary/aromatic N) is 2. The van der Waals surface area contributed by atoms with E-state index in [1.54, 1.807) is 0 Å². The van der Waals surface area contributed by atoms with Gasteiger partial charge >= 0.3 is 5.97 Å². The molecule has 5 nitrogen and oxygen atoms in total. The van der Waals surface area contributed by atoms with Crippen LogP contribution >= 0.6 is 11.3 Å². The first kappa shape index (κ1) is 17.7. The Morgan fingerprint density at radius 3 is 2.62 bits per heavy atom. The number of ether oxygens (including phenoxy) is 1. The molecule has 0 atom stereocenters. The maximum absolute atomic E-state index is 12.4. The molecule has 0 aliphatic rings. The fourth-order valence-electron chi connectivity index (χ4n) is 2.11. The van der Waals surface area contributed by atoms with Crippen LogP contribution in [-0.4, -0.2) is 25.0 Å². The fourth-order valence-corrected chi connectivity index (χ4v) is 2.80. The second-order valence-corrected chi connectivity index (χ2v) is 6.24. The van der Waals surface area contributed by atoms with Gasteiger partial charge in [-0.2, -0.15) is 5.26 Å². The molecule has 0 fully saturated rings. The van der Waals surface area contributed by atoms with Crippen molar-refractivity contribution in [3.63, 3.8) is 0 Å². The molecule has 0 aliphatic heterocycles. The monoisotopic (exact) mass is 342 g/mol. The van der Waals surface area contributed by atoms with Gasteiger partial charge in [0.2, 0.25) is 0 Å². The van der Waals surface area contributed by atoms with E-state index in [0.29, 0.717) is 5.69 Å². The second-order valence-electron chi connectivity index (χ2n) is 5.21. The molecule has 124 valence electrons. The van der Waals surface area contributed by atoms with Crippen molar-refractivity contribution in [2.24, 2.45) is 0 Å². The van der Waals surface area contributed by atoms with E-state index >= 15 is 0 Å². The predicted octanol–water partition coefficient (Wildman–Crippen LogP) is 3.09. The SMILES string of the molecule is Cc1ccc(N(CCC#N)C(=O)COC(=O)Cc2cccs2)cc1. The van der Waals surface area contributed by atoms with Crippen LogP contribution in [0.2, 0.25) is 0 Å². The molecular formula is C18H18N2O3S. The lowest BCUT2D eigenvalue weighted by molar-refractivity contribution is -0.147. The van der Waals surface area contributed by atoms with Crippen LogP contribution in [0.25, 0.3) is 0 Å². The van der Waals surface area contributed by atoms with Gasteiger partial charge in [0.1, 0.15) is 0 Å². The zero-order valence-corrected chi connectivity index (χ0v) is 14.2. The molecule has 0 aliphatic carbocycles. The summed E-state index contributed by atoms with van der Waals surface area (Å²) in [6.45, 7) is 1.89. The highest BCUT2D eigenvalue weighted by molar-refractivity contribution is 7.10. The fraction of sp³-hybridized carbons (Fsp3) is 0.278. The Balaban J connectivity index is 1.95. The Bertz CT molecular complexity index is 718. The summed E-state index contributed by atoms with van der Waals surface area (Å²) >= 11 is 1.47. The molecule has 24 heavy (non-hydrogen) atoms. The highest BCUT2D eigenvalue weighted by atomic mass is 32.1. The molecule has 0 bridgehead atoms. The summed E-state index contributed by atoms with van der Waals surface area (Å²) in [4.78, 5) is 26.5. The van der Waals surface area contributed by atoms with Crippen molar-refractivity contribution in [2.75, 3.05) is 18.1 Å². The van der Waals surface area contributed by atoms with Crippen molar-refractivity contribution in [1.29, 1.82) is 5.26 Å². The number of esters is 1. The van der Waals surface area contributed by atoms with E-state index in [1.165, 1.54) is 16.2 Å². The van der Waals surface area contributed by atoms with Crippen molar-refractivity contribution in [3.05, 3.63) is 52.2 Å². The Hall–Kier alpha value is -2.65. The Labute approximate surface area is 145 Å². The third-order valence-electron chi connectivity index (χ3n) is 3.35. The molecule has 2 aromatic rings. The minimum Gasteiger partial charge on any atom is -0.455 e. The van der Waals surface area contributed by atoms with Crippen LogP contribution in [-0.2, 0) is 20.7 Å². The molecule has 1 amide bonds. The molecule has 0 saturated heterocycles. The van der Waals surface area contributed by atoms with E-state index in [-0.39, 0.29) is 31.9 Å². The number of nitriles is 1. The summed E-state index contributed by atoms with van der Waals surface area (Å²) in [6.07, 6.45) is 0.371. The summed E-state index contributed by atoms with van der Waals surface area (Å²) < 4.78 is 5.08. The summed E-state index contributed by atoms with van der Waals surface area (Å²) in [5, 5.41) is 10.7. The zero-order valence-electron chi connectivity index (χ0n) is 13.4. The molecular weight excluding hydrogens is 324 g/mol. The molecule has 1 heterocycles. The number of aryl methyl sites for hydroxylation is 1. The van der Waals surface area contributed by atoms with E-state index in [1.807, 2.05) is 54.8 Å². The molecule has 0 unspecified atom stereocenters. The molecule has 1 aromatic heterocycles. The number of hydrogen-bond acceptors (Lipinski definition) is 5. The van der Waals surface area contributed by atoms with Crippen LogP contribution in [0.3, 0.4) is 0 Å². The van der Waals surface area contributed by atoms with Gasteiger partial charge in [0, 0.05) is 17.1 Å². The standard InChI is InChI=1S/C18H18N2O3S/c1-14-5-7-15(8-6-14)20(10-3-9-19)17(21)13-23-18(22)12-16-4-2-11-24-16/h2,4-8,11H,3,10,12-13H2,1H3. The smallest absolute Gasteiger partial charge is 0.311 e. The number of thiophene rings is 1. The quantitative estimate of drug-likeness (QED) is 0.725. The lowest BCUT2D eigenvalue weighted by Crippen LogP contribution is -2.35. The topological polar surface area (TPSA) is 70.4 Å². The van der Waals surface area contributed by atoms with Crippen molar-refractivity contribution in [2.45, 2.75) is 19.8 Å². The van der Waals surface area contributed by atoms with Crippen molar-refractivity contribution >= 4 is 28.9 Å². The predicted molar refractivity (Wildman–Crippen MR) is 92.7 cm³/mol. The molecule has 6 heteroatoms. The van der Waals surface area contributed by atoms with E-state index in [0.717, 1.165) is 10.4 Å². The zero-order chi connectivity index (χ0) is 17.4. The minimum absolute atomic E-state index is 0.160. The number of rotatable bonds is 7. The molecule has 0 radical (unpaired) electrons. The van der Waals surface area contributed by atoms with Gasteiger partial charge in [0.25, 0.3) is 5.91 Å². The summed E-state index contributed by atoms with van der Waals surface area (Å²) in [5.41, 5.74) is 1.77. The molecule has 0 spiro atoms. The van der Waals surface area contributed by atoms with Crippen LogP contribution < -0.4 is 4.90 Å². The van der Waals surface area contributed by atoms with Crippen LogP contribution in [0.4, 0.5) is 5.69 Å². The first-order valence-corrected chi connectivity index (χ1v) is 8.40. The lowest BCUT2D eigenvalue weighted by atomic mass is 10.2. The maximum Gasteiger partial charge on any atom is 0.311 e. The van der Waals surface area contributed by atoms with Crippen molar-refractivity contribution in [1.82, 2.24) is 0 Å². The van der Waals surface area contributed by atoms with E-state index in [2.05, 4.69) is 0 Å². The van der Waals surface area contributed by atoms with Crippen LogP contribution in [0.15, 0.2) is 41.8 Å². The lowest BCUT2D eigenvalue weighted by Gasteiger charge is -2.21. The van der Waals surface area contributed by atoms with Crippen molar-refractivity contribution in [3.8, 4) is 6.07 Å². The molecule has 2 rings (SSSR count). The number of amides is 1. The Morgan fingerprint density at radius 2 is 2.00 bits per heavy atom. The Morgan fingerprint density at radius 1 is 1.25 bits per heavy atom. The van der Waals surface area contributed by atoms with Crippen molar-refractivity contribution < 1.29 is 14.3 Å². The van der Waals surface area contributed by atoms with Gasteiger partial charge in [-0.25, -0.2) is 0 Å². The van der Waals surface area contributed by atoms with Crippen LogP contribution in [0.5, 0.6) is 0 Å². The van der Waals surface area contributed by atoms with Gasteiger partial charge in [-0.3, -0.25) is 9.59 Å². The minimum atomic E-state index is -0.435. The average molecular weight is 342 g/mol. The highest BCUT2D eigenvalue weighted by Crippen LogP contribution is 2.16. The average Bonchev–Trinajstić information content (AvgIpc) is 3.07. The van der Waals surface area contributed by atoms with E-state index in [9.17, 15) is 9.59 Å². The first-order valence-electron chi connectivity index (χ1n) is 7.52. The maximum atomic E-state index is 12.4. The Kier molecular flexibility index (Phi) is 6.52. The number of carbonyl (C=O) groups excluding carboxylic acids is 2. The third-order valence-corrected chi connectivity index (χ3v) is 4.23. The third kappa shape index (κ3) is 5.21. The van der Waals surface area contributed by atoms with Crippen LogP contribution in [0, 0.1) is 18.3 Å². The first-order chi connectivity index (χ1) is 11.6. The molecule has 1 aromatic carbocycles. The van der Waals surface area contributed by atoms with Gasteiger partial charge in [0.05, 0.1) is 18.9 Å². The summed E-state index contributed by atoms with van der Waals surface area (Å²) in [5.74, 6) is -0.774. The largest absolute Gasteiger partial charge is 0.455 e. The second kappa shape index (κ2) is 8.85. The number of benzene rings is 1. The summed E-state index contributed by atoms with van der Waals surface area (Å²) in [7, 11) is 0. The summed E-state index contributed by atoms with van der Waals surface area (Å²) in [6, 6.07) is 13.2. The van der Waals surface area contributed by atoms with Crippen LogP contribution in [0.1, 0.15) is 16.9 Å². The van der Waals surface area contributed by atoms with E-state index in [4.69, 9.17) is 10.00 Å². The number of anilines is 1.